The smallest absolute Gasteiger partial charge is 0.263 e. The lowest BCUT2D eigenvalue weighted by atomic mass is 10.2. The maximum Gasteiger partial charge on any atom is 0.263 e. The molecule has 0 saturated carbocycles. The number of amides is 1. The first-order valence-corrected chi connectivity index (χ1v) is 8.24. The molecular formula is C15H20ClN3OS. The average Bonchev–Trinajstić information content (AvgIpc) is 2.82. The lowest BCUT2D eigenvalue weighted by Gasteiger charge is -2.17. The van der Waals surface area contributed by atoms with Crippen molar-refractivity contribution in [3.8, 4) is 0 Å². The quantitative estimate of drug-likeness (QED) is 0.857. The number of likely N-dealkylation sites (N-methyl/N-ethyl adjacent to an activating group) is 1. The third-order valence-electron chi connectivity index (χ3n) is 3.52. The number of hydrogen-bond acceptors (Lipinski definition) is 4. The molecule has 1 amide bonds. The molecular weight excluding hydrogens is 306 g/mol. The third-order valence-corrected chi connectivity index (χ3v) is 5.00. The summed E-state index contributed by atoms with van der Waals surface area (Å²) in [4.78, 5) is 15.1. The molecule has 0 spiro atoms. The van der Waals surface area contributed by atoms with Crippen LogP contribution in [0.2, 0.25) is 5.02 Å². The highest BCUT2D eigenvalue weighted by atomic mass is 35.5. The van der Waals surface area contributed by atoms with Crippen LogP contribution in [-0.4, -0.2) is 37.0 Å². The minimum atomic E-state index is -0.128. The van der Waals surface area contributed by atoms with Crippen molar-refractivity contribution in [1.29, 1.82) is 0 Å². The summed E-state index contributed by atoms with van der Waals surface area (Å²) in [6, 6.07) is 5.58. The van der Waals surface area contributed by atoms with E-state index in [9.17, 15) is 4.79 Å². The molecule has 0 bridgehead atoms. The van der Waals surface area contributed by atoms with Gasteiger partial charge in [0.2, 0.25) is 0 Å². The molecule has 2 rings (SSSR count). The van der Waals surface area contributed by atoms with E-state index in [4.69, 9.17) is 17.3 Å². The molecule has 0 radical (unpaired) electrons. The number of thiophene rings is 1. The van der Waals surface area contributed by atoms with Gasteiger partial charge >= 0.3 is 0 Å². The summed E-state index contributed by atoms with van der Waals surface area (Å²) >= 11 is 7.53. The van der Waals surface area contributed by atoms with E-state index in [2.05, 4.69) is 24.1 Å². The van der Waals surface area contributed by atoms with Gasteiger partial charge in [0.25, 0.3) is 5.91 Å². The maximum absolute atomic E-state index is 12.3. The lowest BCUT2D eigenvalue weighted by Crippen LogP contribution is -2.34. The number of anilines is 1. The van der Waals surface area contributed by atoms with Crippen molar-refractivity contribution in [2.75, 3.05) is 31.9 Å². The molecule has 1 heterocycles. The van der Waals surface area contributed by atoms with E-state index in [1.165, 1.54) is 11.3 Å². The first kappa shape index (κ1) is 16.1. The molecule has 2 aromatic rings. The number of rotatable bonds is 6. The van der Waals surface area contributed by atoms with Crippen molar-refractivity contribution in [3.05, 3.63) is 28.1 Å². The molecule has 6 heteroatoms. The summed E-state index contributed by atoms with van der Waals surface area (Å²) < 4.78 is 0.939. The number of hydrogen-bond donors (Lipinski definition) is 2. The van der Waals surface area contributed by atoms with Crippen LogP contribution in [0.4, 0.5) is 5.69 Å². The molecule has 1 aromatic carbocycles. The number of nitrogens with one attached hydrogen (secondary N) is 1. The second kappa shape index (κ2) is 7.11. The number of fused-ring (bicyclic) bond motifs is 1. The summed E-state index contributed by atoms with van der Waals surface area (Å²) in [6.45, 7) is 7.63. The summed E-state index contributed by atoms with van der Waals surface area (Å²) in [5.41, 5.74) is 6.55. The normalized spacial score (nSPS) is 11.2. The van der Waals surface area contributed by atoms with Crippen molar-refractivity contribution in [2.45, 2.75) is 13.8 Å². The molecule has 0 aliphatic rings. The van der Waals surface area contributed by atoms with E-state index in [0.717, 1.165) is 29.7 Å². The van der Waals surface area contributed by atoms with Gasteiger partial charge in [-0.05, 0) is 25.2 Å². The molecule has 4 nitrogen and oxygen atoms in total. The van der Waals surface area contributed by atoms with Gasteiger partial charge < -0.3 is 16.0 Å². The Kier molecular flexibility index (Phi) is 5.45. The van der Waals surface area contributed by atoms with Gasteiger partial charge in [-0.15, -0.1) is 11.3 Å². The molecule has 0 aliphatic heterocycles. The second-order valence-electron chi connectivity index (χ2n) is 4.74. The van der Waals surface area contributed by atoms with Gasteiger partial charge in [-0.25, -0.2) is 0 Å². The summed E-state index contributed by atoms with van der Waals surface area (Å²) in [6.07, 6.45) is 0. The van der Waals surface area contributed by atoms with Crippen molar-refractivity contribution >= 4 is 44.6 Å². The zero-order valence-corrected chi connectivity index (χ0v) is 13.9. The summed E-state index contributed by atoms with van der Waals surface area (Å²) in [5, 5.41) is 4.29. The minimum absolute atomic E-state index is 0.128. The van der Waals surface area contributed by atoms with Gasteiger partial charge in [-0.1, -0.05) is 31.5 Å². The lowest BCUT2D eigenvalue weighted by molar-refractivity contribution is 0.0954. The molecule has 21 heavy (non-hydrogen) atoms. The fourth-order valence-electron chi connectivity index (χ4n) is 2.25. The fourth-order valence-corrected chi connectivity index (χ4v) is 3.64. The molecule has 0 fully saturated rings. The number of nitrogens with two attached hydrogens (primary N) is 1. The predicted octanol–water partition coefficient (Wildman–Crippen LogP) is 3.21. The fraction of sp³-hybridized carbons (Fsp3) is 0.400. The molecule has 0 atom stereocenters. The van der Waals surface area contributed by atoms with Gasteiger partial charge in [0.1, 0.15) is 4.88 Å². The van der Waals surface area contributed by atoms with Crippen LogP contribution in [0.3, 0.4) is 0 Å². The Hall–Kier alpha value is -1.30. The number of benzene rings is 1. The molecule has 114 valence electrons. The van der Waals surface area contributed by atoms with Crippen LogP contribution in [0, 0.1) is 0 Å². The molecule has 3 N–H and O–H groups in total. The topological polar surface area (TPSA) is 58.4 Å². The molecule has 0 aliphatic carbocycles. The number of nitrogen functional groups attached to an aromatic ring is 1. The minimum Gasteiger partial charge on any atom is -0.397 e. The SMILES string of the molecule is CCN(CC)CCNC(=O)c1sc2cccc(Cl)c2c1N. The monoisotopic (exact) mass is 325 g/mol. The van der Waals surface area contributed by atoms with Crippen LogP contribution in [-0.2, 0) is 0 Å². The Morgan fingerprint density at radius 3 is 2.71 bits per heavy atom. The van der Waals surface area contributed by atoms with Crippen molar-refractivity contribution in [1.82, 2.24) is 10.2 Å². The number of carbonyl (C=O) groups is 1. The Morgan fingerprint density at radius 2 is 2.10 bits per heavy atom. The zero-order chi connectivity index (χ0) is 15.4. The number of carbonyl (C=O) groups excluding carboxylic acids is 1. The second-order valence-corrected chi connectivity index (χ2v) is 6.20. The van der Waals surface area contributed by atoms with Gasteiger partial charge in [0.15, 0.2) is 0 Å². The van der Waals surface area contributed by atoms with Crippen molar-refractivity contribution in [2.24, 2.45) is 0 Å². The highest BCUT2D eigenvalue weighted by Gasteiger charge is 2.17. The maximum atomic E-state index is 12.3. The van der Waals surface area contributed by atoms with Crippen LogP contribution in [0.1, 0.15) is 23.5 Å². The van der Waals surface area contributed by atoms with Crippen molar-refractivity contribution in [3.63, 3.8) is 0 Å². The van der Waals surface area contributed by atoms with E-state index < -0.39 is 0 Å². The highest BCUT2D eigenvalue weighted by Crippen LogP contribution is 2.37. The first-order chi connectivity index (χ1) is 10.1. The standard InChI is InChI=1S/C15H20ClN3OS/c1-3-19(4-2)9-8-18-15(20)14-13(17)12-10(16)6-5-7-11(12)21-14/h5-7H,3-4,8-9,17H2,1-2H3,(H,18,20). The Balaban J connectivity index is 2.10. The number of nitrogens with zero attached hydrogens (tertiary/aromatic N) is 1. The largest absolute Gasteiger partial charge is 0.397 e. The van der Waals surface area contributed by atoms with E-state index in [1.807, 2.05) is 12.1 Å². The molecule has 1 aromatic heterocycles. The predicted molar refractivity (Wildman–Crippen MR) is 91.4 cm³/mol. The zero-order valence-electron chi connectivity index (χ0n) is 12.3. The first-order valence-electron chi connectivity index (χ1n) is 7.05. The van der Waals surface area contributed by atoms with Crippen LogP contribution < -0.4 is 11.1 Å². The van der Waals surface area contributed by atoms with Crippen LogP contribution in [0.5, 0.6) is 0 Å². The third kappa shape index (κ3) is 3.48. The Morgan fingerprint density at radius 1 is 1.38 bits per heavy atom. The van der Waals surface area contributed by atoms with Crippen LogP contribution in [0.15, 0.2) is 18.2 Å². The average molecular weight is 326 g/mol. The Labute approximate surface area is 133 Å². The van der Waals surface area contributed by atoms with Crippen LogP contribution in [0.25, 0.3) is 10.1 Å². The molecule has 0 unspecified atom stereocenters. The van der Waals surface area contributed by atoms with Crippen LogP contribution >= 0.6 is 22.9 Å². The number of halogens is 1. The van der Waals surface area contributed by atoms with Gasteiger partial charge in [-0.2, -0.15) is 0 Å². The van der Waals surface area contributed by atoms with E-state index in [1.54, 1.807) is 6.07 Å². The van der Waals surface area contributed by atoms with E-state index in [0.29, 0.717) is 22.1 Å². The van der Waals surface area contributed by atoms with Gasteiger partial charge in [0.05, 0.1) is 10.7 Å². The summed E-state index contributed by atoms with van der Waals surface area (Å²) in [5.74, 6) is -0.128. The van der Waals surface area contributed by atoms with Gasteiger partial charge in [-0.3, -0.25) is 4.79 Å². The Bertz CT molecular complexity index is 637. The van der Waals surface area contributed by atoms with Crippen molar-refractivity contribution < 1.29 is 4.79 Å². The molecule has 0 saturated heterocycles. The van der Waals surface area contributed by atoms with E-state index in [-0.39, 0.29) is 5.91 Å². The van der Waals surface area contributed by atoms with Gasteiger partial charge in [0, 0.05) is 23.2 Å². The highest BCUT2D eigenvalue weighted by molar-refractivity contribution is 7.21. The van der Waals surface area contributed by atoms with E-state index >= 15 is 0 Å². The summed E-state index contributed by atoms with van der Waals surface area (Å²) in [7, 11) is 0.